The van der Waals surface area contributed by atoms with Gasteiger partial charge >= 0.3 is 0 Å². The third kappa shape index (κ3) is 58.5. The predicted octanol–water partition coefficient (Wildman–Crippen LogP) is 1.54. The smallest absolute Gasteiger partial charge is 0 e. The second-order valence-electron chi connectivity index (χ2n) is 0. The van der Waals surface area contributed by atoms with Crippen LogP contribution in [0.3, 0.4) is 0 Å². The fraction of sp³-hybridized carbons (Fsp3) is 1.00. The van der Waals surface area contributed by atoms with Crippen LogP contribution in [0.15, 0.2) is 0 Å². The Morgan fingerprint density at radius 2 is 0.800 bits per heavy atom. The van der Waals surface area contributed by atoms with Gasteiger partial charge in [-0.3, -0.25) is 0 Å². The first-order chi connectivity index (χ1) is 0. The summed E-state index contributed by atoms with van der Waals surface area (Å²) >= 11 is 0. The van der Waals surface area contributed by atoms with Crippen LogP contribution in [0.2, 0.25) is 0 Å². The second-order valence-corrected chi connectivity index (χ2v) is 0. The van der Waals surface area contributed by atoms with Crippen molar-refractivity contribution < 1.29 is 16.5 Å². The third-order valence-electron chi connectivity index (χ3n) is 0. The van der Waals surface area contributed by atoms with Crippen molar-refractivity contribution in [1.29, 1.82) is 0 Å². The van der Waals surface area contributed by atoms with Gasteiger partial charge in [0.25, 0.3) is 0 Å². The van der Waals surface area contributed by atoms with Crippen molar-refractivity contribution in [2.24, 2.45) is 0 Å². The van der Waals surface area contributed by atoms with Crippen LogP contribution in [0.4, 0.5) is 0 Å². The van der Waals surface area contributed by atoms with Crippen LogP contribution in [-0.2, 0) is 16.5 Å². The van der Waals surface area contributed by atoms with E-state index in [1.54, 1.807) is 0 Å². The third-order valence-corrected chi connectivity index (χ3v) is 0. The van der Waals surface area contributed by atoms with E-state index in [4.69, 9.17) is 0 Å². The van der Waals surface area contributed by atoms with Gasteiger partial charge in [0.1, 0.15) is 0 Å². The van der Waals surface area contributed by atoms with Crippen LogP contribution in [0.5, 0.6) is 0 Å². The minimum atomic E-state index is 0. The first-order valence-electron chi connectivity index (χ1n) is 0. The van der Waals surface area contributed by atoms with Crippen LogP contribution in [-0.4, -0.2) is 0 Å². The molecule has 0 aromatic carbocycles. The maximum absolute atomic E-state index is 0. The molecule has 0 rings (SSSR count). The molecule has 0 atom stereocenters. The fourth-order valence-corrected chi connectivity index (χ4v) is 0. The molecule has 5 heavy (non-hydrogen) atoms. The first-order valence-corrected chi connectivity index (χ1v) is 0. The van der Waals surface area contributed by atoms with Gasteiger partial charge in [0.2, 0.25) is 0 Å². The average molecular weight is 142 g/mol. The molecule has 0 saturated carbocycles. The summed E-state index contributed by atoms with van der Waals surface area (Å²) in [5.74, 6) is 0. The Morgan fingerprint density at radius 1 is 0.800 bits per heavy atom. The molecule has 1 nitrogen and oxygen atoms in total. The van der Waals surface area contributed by atoms with Crippen molar-refractivity contribution in [3.05, 3.63) is 0 Å². The van der Waals surface area contributed by atoms with Crippen molar-refractivity contribution in [1.82, 2.24) is 6.15 Å². The Labute approximate surface area is 51.5 Å². The van der Waals surface area contributed by atoms with E-state index < -0.39 is 0 Å². The van der Waals surface area contributed by atoms with Crippen LogP contribution in [0.1, 0.15) is 14.9 Å². The molecule has 0 aromatic rings. The molecule has 0 aromatic heterocycles. The molecule has 3 heteroatoms. The summed E-state index contributed by atoms with van der Waals surface area (Å²) in [6, 6.07) is 0. The van der Waals surface area contributed by atoms with Gasteiger partial charge in [-0.2, -0.15) is 13.5 Å². The molecule has 0 radical (unpaired) electrons. The summed E-state index contributed by atoms with van der Waals surface area (Å²) in [7, 11) is 0. The Hall–Kier alpha value is 0.804. The van der Waals surface area contributed by atoms with Crippen molar-refractivity contribution in [2.45, 2.75) is 14.9 Å². The molecular formula is C2H13NNiS. The van der Waals surface area contributed by atoms with Gasteiger partial charge in [-0.05, 0) is 0 Å². The molecule has 0 unspecified atom stereocenters. The minimum Gasteiger partial charge on any atom is -0.344 e. The molecule has 0 aliphatic carbocycles. The van der Waals surface area contributed by atoms with E-state index in [1.807, 2.05) is 0 Å². The van der Waals surface area contributed by atoms with Crippen molar-refractivity contribution in [2.75, 3.05) is 0 Å². The van der Waals surface area contributed by atoms with Crippen LogP contribution in [0.25, 0.3) is 0 Å². The van der Waals surface area contributed by atoms with Crippen molar-refractivity contribution >= 4 is 13.5 Å². The van der Waals surface area contributed by atoms with Gasteiger partial charge in [-0.1, -0.05) is 14.9 Å². The van der Waals surface area contributed by atoms with Gasteiger partial charge in [-0.15, -0.1) is 0 Å². The Morgan fingerprint density at radius 3 is 0.800 bits per heavy atom. The normalized spacial score (nSPS) is 0. The van der Waals surface area contributed by atoms with Gasteiger partial charge in [-0.25, -0.2) is 0 Å². The van der Waals surface area contributed by atoms with Crippen molar-refractivity contribution in [3.63, 3.8) is 0 Å². The number of hydrogen-bond acceptors (Lipinski definition) is 1. The Bertz CT molecular complexity index is 9.61. The molecular weight excluding hydrogens is 129 g/mol. The van der Waals surface area contributed by atoms with Crippen LogP contribution < -0.4 is 6.15 Å². The molecule has 42 valence electrons. The largest absolute Gasteiger partial charge is 0.344 e. The standard InChI is InChI=1S/2CH4.H3N.Ni.H2S/h2*1H4;1H3;;1H2. The molecule has 0 spiro atoms. The zero-order chi connectivity index (χ0) is 0. The maximum atomic E-state index is 0. The zero-order valence-corrected chi connectivity index (χ0v) is 3.51. The molecule has 3 N–H and O–H groups in total. The monoisotopic (exact) mass is 141 g/mol. The van der Waals surface area contributed by atoms with Crippen molar-refractivity contribution in [3.8, 4) is 0 Å². The van der Waals surface area contributed by atoms with E-state index in [2.05, 4.69) is 0 Å². The fourth-order valence-electron chi connectivity index (χ4n) is 0. The van der Waals surface area contributed by atoms with Gasteiger partial charge in [0.15, 0.2) is 0 Å². The van der Waals surface area contributed by atoms with E-state index in [-0.39, 0.29) is 51.0 Å². The SMILES string of the molecule is C.C.N.S.[Ni]. The average Bonchev–Trinajstić information content (AvgIpc) is 0. The van der Waals surface area contributed by atoms with Gasteiger partial charge in [0.05, 0.1) is 0 Å². The maximum Gasteiger partial charge on any atom is 0 e. The summed E-state index contributed by atoms with van der Waals surface area (Å²) in [5, 5.41) is 0. The molecule has 0 saturated heterocycles. The van der Waals surface area contributed by atoms with Gasteiger partial charge in [0, 0.05) is 16.5 Å². The summed E-state index contributed by atoms with van der Waals surface area (Å²) in [6.07, 6.45) is 0. The predicted molar refractivity (Wildman–Crippen MR) is 28.9 cm³/mol. The van der Waals surface area contributed by atoms with Crippen LogP contribution in [0, 0.1) is 0 Å². The molecule has 0 heterocycles. The topological polar surface area (TPSA) is 35.0 Å². The summed E-state index contributed by atoms with van der Waals surface area (Å²) < 4.78 is 0. The Kier molecular flexibility index (Phi) is 4460. The first kappa shape index (κ1) is 207. The zero-order valence-electron chi connectivity index (χ0n) is 1.52. The quantitative estimate of drug-likeness (QED) is 0.511. The molecule has 0 amide bonds. The van der Waals surface area contributed by atoms with E-state index in [0.29, 0.717) is 0 Å². The molecule has 0 fully saturated rings. The molecule has 0 bridgehead atoms. The van der Waals surface area contributed by atoms with E-state index in [1.165, 1.54) is 0 Å². The summed E-state index contributed by atoms with van der Waals surface area (Å²) in [4.78, 5) is 0. The van der Waals surface area contributed by atoms with E-state index in [9.17, 15) is 0 Å². The minimum absolute atomic E-state index is 0. The number of hydrogen-bond donors (Lipinski definition) is 1. The van der Waals surface area contributed by atoms with E-state index in [0.717, 1.165) is 0 Å². The molecule has 0 aliphatic heterocycles. The summed E-state index contributed by atoms with van der Waals surface area (Å²) in [5.41, 5.74) is 0. The second kappa shape index (κ2) is 108. The number of rotatable bonds is 0. The Balaban J connectivity index is 0. The van der Waals surface area contributed by atoms with E-state index >= 15 is 0 Å². The molecule has 0 aliphatic rings. The summed E-state index contributed by atoms with van der Waals surface area (Å²) in [6.45, 7) is 0. The van der Waals surface area contributed by atoms with Gasteiger partial charge < -0.3 is 6.15 Å². The van der Waals surface area contributed by atoms with Crippen LogP contribution >= 0.6 is 13.5 Å².